The highest BCUT2D eigenvalue weighted by atomic mass is 28.3. The van der Waals surface area contributed by atoms with E-state index in [0.29, 0.717) is 0 Å². The molecular formula is C138H102N4Si. The zero-order chi connectivity index (χ0) is 96.2. The van der Waals surface area contributed by atoms with Gasteiger partial charge in [0.1, 0.15) is 8.07 Å². The summed E-state index contributed by atoms with van der Waals surface area (Å²) in [4.78, 5) is 11.8. The van der Waals surface area contributed by atoms with Crippen LogP contribution in [-0.4, -0.2) is 22.6 Å². The Labute approximate surface area is 832 Å². The van der Waals surface area contributed by atoms with Crippen LogP contribution in [0.25, 0.3) is 230 Å². The molecule has 0 fully saturated rings. The number of pyridine rings is 2. The Morgan fingerprint density at radius 3 is 1.26 bits per heavy atom. The average Bonchev–Trinajstić information content (AvgIpc) is 1.04. The fraction of sp³-hybridized carbons (Fsp3) is 0.130. The highest BCUT2D eigenvalue weighted by molar-refractivity contribution is 7.05. The van der Waals surface area contributed by atoms with Crippen molar-refractivity contribution in [2.75, 3.05) is 4.90 Å². The molecule has 5 heteroatoms. The van der Waals surface area contributed by atoms with Crippen LogP contribution in [0.1, 0.15) is 136 Å². The fourth-order valence-electron chi connectivity index (χ4n) is 29.3. The second kappa shape index (κ2) is 28.4. The van der Waals surface area contributed by atoms with Gasteiger partial charge in [0.15, 0.2) is 0 Å². The number of para-hydroxylation sites is 3. The Balaban J connectivity index is 0.0000000893. The third-order valence-corrected chi connectivity index (χ3v) is 39.2. The minimum absolute atomic E-state index is 0.0111. The van der Waals surface area contributed by atoms with Crippen LogP contribution in [0.3, 0.4) is 0 Å². The van der Waals surface area contributed by atoms with Crippen LogP contribution < -0.4 is 15.3 Å². The number of hydrogen-bond acceptors (Lipinski definition) is 3. The first kappa shape index (κ1) is 82.7. The Bertz CT molecular complexity index is 9540. The molecule has 2 aliphatic heterocycles. The van der Waals surface area contributed by atoms with Crippen LogP contribution in [0.4, 0.5) is 17.1 Å². The number of aromatic nitrogens is 3. The lowest BCUT2D eigenvalue weighted by Crippen LogP contribution is -2.49. The summed E-state index contributed by atoms with van der Waals surface area (Å²) in [6.07, 6.45) is 7.94. The van der Waals surface area contributed by atoms with Gasteiger partial charge in [0, 0.05) is 101 Å². The Hall–Kier alpha value is -16.2. The van der Waals surface area contributed by atoms with Gasteiger partial charge in [-0.3, -0.25) is 9.97 Å². The molecule has 0 radical (unpaired) electrons. The summed E-state index contributed by atoms with van der Waals surface area (Å²) in [5.74, 6) is 0. The van der Waals surface area contributed by atoms with Crippen molar-refractivity contribution in [3.63, 3.8) is 0 Å². The second-order valence-electron chi connectivity index (χ2n) is 44.8. The van der Waals surface area contributed by atoms with Gasteiger partial charge in [0.2, 0.25) is 0 Å². The van der Waals surface area contributed by atoms with E-state index in [1.165, 1.54) is 302 Å². The molecule has 0 atom stereocenters. The molecule has 33 rings (SSSR count). The van der Waals surface area contributed by atoms with Crippen LogP contribution in [0.5, 0.6) is 0 Å². The smallest absolute Gasteiger partial charge is 0.114 e. The van der Waals surface area contributed by atoms with Gasteiger partial charge in [-0.25, -0.2) is 0 Å². The quantitative estimate of drug-likeness (QED) is 0.131. The lowest BCUT2D eigenvalue weighted by atomic mass is 9.67. The van der Waals surface area contributed by atoms with Gasteiger partial charge in [-0.1, -0.05) is 344 Å². The molecule has 678 valence electrons. The van der Waals surface area contributed by atoms with Crippen molar-refractivity contribution in [3.05, 3.63) is 438 Å². The summed E-state index contributed by atoms with van der Waals surface area (Å²) in [5, 5.41) is 37.5. The molecule has 7 aliphatic rings. The number of hydrogen-bond donors (Lipinski definition) is 0. The van der Waals surface area contributed by atoms with Gasteiger partial charge in [0.25, 0.3) is 0 Å². The largest absolute Gasteiger partial charge is 0.313 e. The predicted molar refractivity (Wildman–Crippen MR) is 612 cm³/mol. The number of benzene rings is 23. The molecule has 23 aromatic carbocycles. The first-order valence-electron chi connectivity index (χ1n) is 51.0. The molecule has 0 spiro atoms. The normalized spacial score (nSPS) is 15.5. The van der Waals surface area contributed by atoms with E-state index in [1.807, 2.05) is 18.5 Å². The molecule has 0 bridgehead atoms. The third-order valence-electron chi connectivity index (χ3n) is 35.6. The molecule has 26 aromatic rings. The van der Waals surface area contributed by atoms with Gasteiger partial charge in [-0.15, -0.1) is 0 Å². The summed E-state index contributed by atoms with van der Waals surface area (Å²) in [6, 6.07) is 130. The van der Waals surface area contributed by atoms with Gasteiger partial charge < -0.3 is 9.47 Å². The van der Waals surface area contributed by atoms with Crippen molar-refractivity contribution in [3.8, 4) is 83.7 Å². The second-order valence-corrected chi connectivity index (χ2v) is 49.1. The molecule has 0 saturated heterocycles. The standard InChI is InChI=1S/C39H26N2.C34H26.C33H26Si.C32H24N2/c1-3-29-24(2)40(27-12-6-4-7-13-27)39-31-20-18-25-19-21-35-38-32(22-26(23-33(29)39)36(31)37(25)38)30-16-10-11-17-34(30)41(35)28-14-8-5-9-15-28;1-33(2)26-11-7-5-9-21(26)24-17-20-18-25-22-10-6-8-12-27(22)34(3,4)32(25)23-15-13-19-14-16-28(33)31(24)30(19)29(20)23;1-33(2)26-11-7-5-9-21(26)24-17-20-18-25-22-10-6-8-12-28(22)34(3,4)32(25)23-15-13-19-14-16-27(33)31(24)30(19)29(20)23;1-31(2)23-10-8-17-7-9-20-26-18(14-21-19-11-13-33-16-25(19)32(3,4)29(20)21)15-22(28(23)27(17)26)30-24(31)6-5-12-34-30/h3-23H,1H2,2H3;2*5-18H,1-4H3;5-16H,1-4H3. The van der Waals surface area contributed by atoms with Crippen LogP contribution in [-0.2, 0) is 27.1 Å². The van der Waals surface area contributed by atoms with E-state index in [0.717, 1.165) is 5.69 Å². The van der Waals surface area contributed by atoms with Crippen LogP contribution in [0, 0.1) is 6.92 Å². The summed E-state index contributed by atoms with van der Waals surface area (Å²) in [6.45, 7) is 35.2. The van der Waals surface area contributed by atoms with E-state index in [4.69, 9.17) is 4.98 Å². The first-order chi connectivity index (χ1) is 69.4. The predicted octanol–water partition coefficient (Wildman–Crippen LogP) is 35.8. The monoisotopic (exact) mass is 1840 g/mol. The zero-order valence-corrected chi connectivity index (χ0v) is 83.7. The minimum Gasteiger partial charge on any atom is -0.313 e. The van der Waals surface area contributed by atoms with Gasteiger partial charge in [0.05, 0.1) is 22.6 Å². The van der Waals surface area contributed by atoms with E-state index in [9.17, 15) is 0 Å². The number of anilines is 3. The summed E-state index contributed by atoms with van der Waals surface area (Å²) in [5.41, 5.74) is 41.3. The summed E-state index contributed by atoms with van der Waals surface area (Å²) < 4.78 is 2.41. The molecule has 5 heterocycles. The number of nitrogens with zero attached hydrogens (tertiary/aromatic N) is 4. The lowest BCUT2D eigenvalue weighted by Gasteiger charge is -2.36. The lowest BCUT2D eigenvalue weighted by molar-refractivity contribution is 0.642. The highest BCUT2D eigenvalue weighted by Crippen LogP contribution is 2.63. The average molecular weight is 1840 g/mol. The molecule has 0 saturated carbocycles. The van der Waals surface area contributed by atoms with Crippen LogP contribution >= 0.6 is 0 Å². The van der Waals surface area contributed by atoms with Gasteiger partial charge in [-0.05, 0) is 344 Å². The van der Waals surface area contributed by atoms with Crippen LogP contribution in [0.2, 0.25) is 13.1 Å². The molecular weight excluding hydrogens is 1740 g/mol. The third kappa shape index (κ3) is 10.6. The summed E-state index contributed by atoms with van der Waals surface area (Å²) >= 11 is 0. The van der Waals surface area contributed by atoms with E-state index < -0.39 is 8.07 Å². The van der Waals surface area contributed by atoms with E-state index in [2.05, 4.69) is 462 Å². The molecule has 0 amide bonds. The number of rotatable bonds is 3. The first-order valence-corrected chi connectivity index (χ1v) is 54.0. The minimum atomic E-state index is -1.78. The van der Waals surface area contributed by atoms with Crippen molar-refractivity contribution < 1.29 is 0 Å². The van der Waals surface area contributed by atoms with Gasteiger partial charge in [-0.2, -0.15) is 0 Å². The van der Waals surface area contributed by atoms with E-state index in [-0.39, 0.29) is 27.1 Å². The van der Waals surface area contributed by atoms with Gasteiger partial charge >= 0.3 is 0 Å². The summed E-state index contributed by atoms with van der Waals surface area (Å²) in [7, 11) is -1.78. The molecule has 3 aromatic heterocycles. The van der Waals surface area contributed by atoms with Crippen molar-refractivity contribution in [1.82, 2.24) is 14.5 Å². The Kier molecular flexibility index (Phi) is 16.4. The molecule has 4 nitrogen and oxygen atoms in total. The van der Waals surface area contributed by atoms with Crippen molar-refractivity contribution >= 4 is 182 Å². The van der Waals surface area contributed by atoms with Crippen LogP contribution in [0.15, 0.2) is 371 Å². The Morgan fingerprint density at radius 2 is 0.678 bits per heavy atom. The van der Waals surface area contributed by atoms with Crippen molar-refractivity contribution in [2.45, 2.75) is 116 Å². The van der Waals surface area contributed by atoms with Crippen molar-refractivity contribution in [1.29, 1.82) is 0 Å². The molecule has 143 heavy (non-hydrogen) atoms. The topological polar surface area (TPSA) is 34.0 Å². The highest BCUT2D eigenvalue weighted by Gasteiger charge is 2.46. The molecule has 0 N–H and O–H groups in total. The maximum atomic E-state index is 4.92. The SMILES string of the molecule is C=Cc1c(C)n(-c2ccccc2)c2c1cc1cc3c4c(ccc5ccc2c1c54)N(c1ccccc1)c1ccccc1-3.CC1(C)c2ccccc2-c2cc3cc4c(c5ccc6ccc1c2c6c35)[Si](C)(C)c1ccccc1-4.CC1(C)c2ccccc2-c2cc3cc4c5c(ccc6ccc(c21)c3c65)C(C)(C)c1ccccc1-4.CC1(C)c2cnccc2-c2cc3cc4c5c(ccc6ccc(c21)c3c65)C(C)(C)c1cccnc1-4. The van der Waals surface area contributed by atoms with Crippen molar-refractivity contribution in [2.24, 2.45) is 0 Å². The van der Waals surface area contributed by atoms with E-state index >= 15 is 0 Å². The van der Waals surface area contributed by atoms with E-state index in [1.54, 1.807) is 10.4 Å². The maximum Gasteiger partial charge on any atom is 0.114 e. The Morgan fingerprint density at radius 1 is 0.273 bits per heavy atom. The maximum absolute atomic E-state index is 4.92. The molecule has 5 aliphatic carbocycles. The molecule has 0 unspecified atom stereocenters. The number of fused-ring (bicyclic) bond motifs is 22. The fourth-order valence-corrected chi connectivity index (χ4v) is 32.7. The zero-order valence-electron chi connectivity index (χ0n) is 82.7.